The van der Waals surface area contributed by atoms with E-state index in [0.717, 1.165) is 41.8 Å². The van der Waals surface area contributed by atoms with Crippen LogP contribution in [0, 0.1) is 0 Å². The molecule has 1 aliphatic rings. The Hall–Kier alpha value is -3.07. The minimum absolute atomic E-state index is 0.0967. The molecular weight excluding hydrogens is 461 g/mol. The Morgan fingerprint density at radius 2 is 1.68 bits per heavy atom. The summed E-state index contributed by atoms with van der Waals surface area (Å²) in [6.45, 7) is 1.91. The van der Waals surface area contributed by atoms with Crippen molar-refractivity contribution in [1.82, 2.24) is 14.9 Å². The lowest BCUT2D eigenvalue weighted by Crippen LogP contribution is -2.26. The molecule has 9 heteroatoms. The van der Waals surface area contributed by atoms with E-state index in [1.54, 1.807) is 24.1 Å². The summed E-state index contributed by atoms with van der Waals surface area (Å²) >= 11 is 1.15. The first-order chi connectivity index (χ1) is 16.3. The number of thioether (sulfide) groups is 1. The number of amides is 1. The molecule has 178 valence electrons. The summed E-state index contributed by atoms with van der Waals surface area (Å²) < 4.78 is 40.1. The van der Waals surface area contributed by atoms with Crippen molar-refractivity contribution in [3.05, 3.63) is 83.0 Å². The normalized spacial score (nSPS) is 13.8. The van der Waals surface area contributed by atoms with Crippen LogP contribution in [0.5, 0.6) is 0 Å². The van der Waals surface area contributed by atoms with Crippen LogP contribution in [0.1, 0.15) is 40.0 Å². The molecule has 1 saturated heterocycles. The van der Waals surface area contributed by atoms with E-state index < -0.39 is 11.9 Å². The van der Waals surface area contributed by atoms with Gasteiger partial charge in [0.15, 0.2) is 10.9 Å². The molecule has 1 fully saturated rings. The van der Waals surface area contributed by atoms with Gasteiger partial charge < -0.3 is 9.80 Å². The molecule has 1 aromatic heterocycles. The lowest BCUT2D eigenvalue weighted by molar-refractivity contribution is -0.141. The van der Waals surface area contributed by atoms with Gasteiger partial charge in [-0.05, 0) is 36.1 Å². The number of hydrogen-bond acceptors (Lipinski definition) is 5. The molecule has 34 heavy (non-hydrogen) atoms. The number of rotatable bonds is 7. The van der Waals surface area contributed by atoms with E-state index in [2.05, 4.69) is 9.97 Å². The van der Waals surface area contributed by atoms with Crippen molar-refractivity contribution in [2.24, 2.45) is 0 Å². The third-order valence-electron chi connectivity index (χ3n) is 5.59. The SMILES string of the molecule is CN(Cc1ccccc1)C(=O)c1ccc(CSc2nc(N3CCCC3)cc(C(F)(F)F)n2)cc1. The van der Waals surface area contributed by atoms with Crippen molar-refractivity contribution >= 4 is 23.5 Å². The Bertz CT molecular complexity index is 1120. The number of nitrogens with zero attached hydrogens (tertiary/aromatic N) is 4. The first kappa shape index (κ1) is 24.1. The number of carbonyl (C=O) groups excluding carboxylic acids is 1. The zero-order chi connectivity index (χ0) is 24.1. The highest BCUT2D eigenvalue weighted by molar-refractivity contribution is 7.98. The van der Waals surface area contributed by atoms with E-state index in [1.807, 2.05) is 47.4 Å². The van der Waals surface area contributed by atoms with Gasteiger partial charge >= 0.3 is 6.18 Å². The molecule has 1 amide bonds. The molecule has 1 aliphatic heterocycles. The first-order valence-corrected chi connectivity index (χ1v) is 12.0. The highest BCUT2D eigenvalue weighted by Crippen LogP contribution is 2.33. The Labute approximate surface area is 201 Å². The van der Waals surface area contributed by atoms with Crippen LogP contribution < -0.4 is 4.90 Å². The van der Waals surface area contributed by atoms with E-state index >= 15 is 0 Å². The highest BCUT2D eigenvalue weighted by Gasteiger charge is 2.34. The molecule has 0 radical (unpaired) electrons. The Morgan fingerprint density at radius 3 is 2.32 bits per heavy atom. The van der Waals surface area contributed by atoms with Gasteiger partial charge in [-0.25, -0.2) is 9.97 Å². The third-order valence-corrected chi connectivity index (χ3v) is 6.51. The average molecular weight is 487 g/mol. The second-order valence-electron chi connectivity index (χ2n) is 8.22. The van der Waals surface area contributed by atoms with Crippen molar-refractivity contribution in [3.63, 3.8) is 0 Å². The van der Waals surface area contributed by atoms with Gasteiger partial charge in [0.05, 0.1) is 0 Å². The summed E-state index contributed by atoms with van der Waals surface area (Å²) in [5, 5.41) is 0.0967. The molecule has 0 atom stereocenters. The monoisotopic (exact) mass is 486 g/mol. The number of carbonyl (C=O) groups is 1. The maximum absolute atomic E-state index is 13.4. The van der Waals surface area contributed by atoms with Gasteiger partial charge in [-0.2, -0.15) is 13.2 Å². The standard InChI is InChI=1S/C25H25F3N4OS/c1-31(16-18-7-3-2-4-8-18)23(33)20-11-9-19(10-12-20)17-34-24-29-21(25(26,27)28)15-22(30-24)32-13-5-6-14-32/h2-4,7-12,15H,5-6,13-14,16-17H2,1H3. The minimum Gasteiger partial charge on any atom is -0.356 e. The molecule has 2 aromatic carbocycles. The Balaban J connectivity index is 1.42. The number of anilines is 1. The van der Waals surface area contributed by atoms with Crippen LogP contribution >= 0.6 is 11.8 Å². The van der Waals surface area contributed by atoms with Gasteiger partial charge in [0.2, 0.25) is 0 Å². The Kier molecular flexibility index (Phi) is 7.41. The zero-order valence-electron chi connectivity index (χ0n) is 18.8. The molecule has 4 rings (SSSR count). The quantitative estimate of drug-likeness (QED) is 0.319. The molecule has 0 N–H and O–H groups in total. The lowest BCUT2D eigenvalue weighted by Gasteiger charge is -2.18. The van der Waals surface area contributed by atoms with Gasteiger partial charge in [-0.15, -0.1) is 0 Å². The molecule has 0 spiro atoms. The minimum atomic E-state index is -4.53. The van der Waals surface area contributed by atoms with Crippen LogP contribution in [0.3, 0.4) is 0 Å². The largest absolute Gasteiger partial charge is 0.433 e. The van der Waals surface area contributed by atoms with Crippen LogP contribution in [0.4, 0.5) is 19.0 Å². The predicted octanol–water partition coefficient (Wildman–Crippen LogP) is 5.66. The van der Waals surface area contributed by atoms with Crippen molar-refractivity contribution in [3.8, 4) is 0 Å². The fourth-order valence-electron chi connectivity index (χ4n) is 3.77. The molecular formula is C25H25F3N4OS. The van der Waals surface area contributed by atoms with Gasteiger partial charge in [0, 0.05) is 44.1 Å². The second kappa shape index (κ2) is 10.5. The number of benzene rings is 2. The first-order valence-electron chi connectivity index (χ1n) is 11.0. The summed E-state index contributed by atoms with van der Waals surface area (Å²) in [7, 11) is 1.75. The van der Waals surface area contributed by atoms with Gasteiger partial charge in [-0.3, -0.25) is 4.79 Å². The molecule has 0 saturated carbocycles. The fourth-order valence-corrected chi connectivity index (χ4v) is 4.58. The fraction of sp³-hybridized carbons (Fsp3) is 0.320. The molecule has 0 bridgehead atoms. The van der Waals surface area contributed by atoms with Gasteiger partial charge in [0.25, 0.3) is 5.91 Å². The average Bonchev–Trinajstić information content (AvgIpc) is 3.38. The van der Waals surface area contributed by atoms with Crippen molar-refractivity contribution in [1.29, 1.82) is 0 Å². The molecule has 3 aromatic rings. The van der Waals surface area contributed by atoms with Crippen LogP contribution in [0.15, 0.2) is 65.8 Å². The van der Waals surface area contributed by atoms with E-state index in [-0.39, 0.29) is 11.1 Å². The Morgan fingerprint density at radius 1 is 1.00 bits per heavy atom. The van der Waals surface area contributed by atoms with Crippen LogP contribution in [-0.4, -0.2) is 40.9 Å². The van der Waals surface area contributed by atoms with Gasteiger partial charge in [-0.1, -0.05) is 54.2 Å². The summed E-state index contributed by atoms with van der Waals surface area (Å²) in [4.78, 5) is 24.3. The predicted molar refractivity (Wildman–Crippen MR) is 127 cm³/mol. The second-order valence-corrected chi connectivity index (χ2v) is 9.16. The van der Waals surface area contributed by atoms with E-state index in [9.17, 15) is 18.0 Å². The summed E-state index contributed by atoms with van der Waals surface area (Å²) in [6, 6.07) is 17.9. The van der Waals surface area contributed by atoms with Crippen molar-refractivity contribution < 1.29 is 18.0 Å². The summed E-state index contributed by atoms with van der Waals surface area (Å²) in [5.74, 6) is 0.624. The molecule has 2 heterocycles. The molecule has 5 nitrogen and oxygen atoms in total. The van der Waals surface area contributed by atoms with Crippen LogP contribution in [-0.2, 0) is 18.5 Å². The maximum atomic E-state index is 13.4. The molecule has 0 unspecified atom stereocenters. The van der Waals surface area contributed by atoms with E-state index in [1.165, 1.54) is 0 Å². The topological polar surface area (TPSA) is 49.3 Å². The summed E-state index contributed by atoms with van der Waals surface area (Å²) in [5.41, 5.74) is 1.55. The van der Waals surface area contributed by atoms with E-state index in [4.69, 9.17) is 0 Å². The zero-order valence-corrected chi connectivity index (χ0v) is 19.6. The maximum Gasteiger partial charge on any atom is 0.433 e. The number of halogens is 3. The third kappa shape index (κ3) is 6.08. The smallest absolute Gasteiger partial charge is 0.356 e. The summed E-state index contributed by atoms with van der Waals surface area (Å²) in [6.07, 6.45) is -2.64. The van der Waals surface area contributed by atoms with Crippen molar-refractivity contribution in [2.75, 3.05) is 25.0 Å². The number of hydrogen-bond donors (Lipinski definition) is 0. The van der Waals surface area contributed by atoms with Crippen LogP contribution in [0.2, 0.25) is 0 Å². The van der Waals surface area contributed by atoms with E-state index in [0.29, 0.717) is 36.8 Å². The lowest BCUT2D eigenvalue weighted by atomic mass is 10.1. The number of aromatic nitrogens is 2. The van der Waals surface area contributed by atoms with Gasteiger partial charge in [0.1, 0.15) is 5.82 Å². The van der Waals surface area contributed by atoms with Crippen molar-refractivity contribution in [2.45, 2.75) is 36.5 Å². The van der Waals surface area contributed by atoms with Crippen LogP contribution in [0.25, 0.3) is 0 Å². The number of alkyl halides is 3. The highest BCUT2D eigenvalue weighted by atomic mass is 32.2. The molecule has 0 aliphatic carbocycles.